The van der Waals surface area contributed by atoms with Crippen molar-refractivity contribution in [2.75, 3.05) is 6.61 Å². The van der Waals surface area contributed by atoms with E-state index in [1.54, 1.807) is 12.2 Å². The van der Waals surface area contributed by atoms with Gasteiger partial charge < -0.3 is 21.1 Å². The molecule has 1 rings (SSSR count). The molecule has 150 valence electrons. The Morgan fingerprint density at radius 1 is 1.11 bits per heavy atom. The fourth-order valence-corrected chi connectivity index (χ4v) is 2.30. The first kappa shape index (κ1) is 22.8. The first-order valence-electron chi connectivity index (χ1n) is 8.19. The SMILES string of the molecule is NC(CO)(C(=O)O)C(O)CC/C=C/CCc1ccc(C(=O)C(F)(F)F)cc1. The van der Waals surface area contributed by atoms with Crippen molar-refractivity contribution in [2.45, 2.75) is 43.5 Å². The summed E-state index contributed by atoms with van der Waals surface area (Å²) in [7, 11) is 0. The van der Waals surface area contributed by atoms with Crippen LogP contribution in [0.4, 0.5) is 13.2 Å². The highest BCUT2D eigenvalue weighted by atomic mass is 19.4. The van der Waals surface area contributed by atoms with E-state index in [1.165, 1.54) is 12.1 Å². The number of Topliss-reactive ketones (excluding diaryl/α,β-unsaturated/α-hetero) is 1. The number of carbonyl (C=O) groups is 2. The summed E-state index contributed by atoms with van der Waals surface area (Å²) in [4.78, 5) is 22.0. The molecule has 0 amide bonds. The fraction of sp³-hybridized carbons (Fsp3) is 0.444. The van der Waals surface area contributed by atoms with Gasteiger partial charge in [-0.3, -0.25) is 9.59 Å². The Kier molecular flexibility index (Phi) is 8.14. The molecule has 2 unspecified atom stereocenters. The first-order chi connectivity index (χ1) is 12.5. The lowest BCUT2D eigenvalue weighted by molar-refractivity contribution is -0.150. The van der Waals surface area contributed by atoms with Crippen molar-refractivity contribution in [3.05, 3.63) is 47.5 Å². The number of nitrogens with two attached hydrogens (primary N) is 1. The largest absolute Gasteiger partial charge is 0.480 e. The van der Waals surface area contributed by atoms with Crippen LogP contribution in [0.15, 0.2) is 36.4 Å². The molecule has 5 N–H and O–H groups in total. The predicted molar refractivity (Wildman–Crippen MR) is 91.2 cm³/mol. The van der Waals surface area contributed by atoms with Gasteiger partial charge in [-0.1, -0.05) is 36.4 Å². The number of aryl methyl sites for hydroxylation is 1. The van der Waals surface area contributed by atoms with Crippen molar-refractivity contribution in [1.82, 2.24) is 0 Å². The minimum Gasteiger partial charge on any atom is -0.480 e. The summed E-state index contributed by atoms with van der Waals surface area (Å²) in [6.45, 7) is -0.889. The number of allylic oxidation sites excluding steroid dienone is 2. The lowest BCUT2D eigenvalue weighted by atomic mass is 9.91. The van der Waals surface area contributed by atoms with Gasteiger partial charge in [0.15, 0.2) is 5.54 Å². The molecule has 6 nitrogen and oxygen atoms in total. The average molecular weight is 389 g/mol. The van der Waals surface area contributed by atoms with E-state index in [4.69, 9.17) is 15.9 Å². The van der Waals surface area contributed by atoms with E-state index in [9.17, 15) is 27.9 Å². The maximum absolute atomic E-state index is 12.3. The number of benzene rings is 1. The number of hydrogen-bond donors (Lipinski definition) is 4. The Balaban J connectivity index is 2.43. The second-order valence-electron chi connectivity index (χ2n) is 6.13. The monoisotopic (exact) mass is 389 g/mol. The van der Waals surface area contributed by atoms with Crippen molar-refractivity contribution in [2.24, 2.45) is 5.73 Å². The van der Waals surface area contributed by atoms with E-state index in [2.05, 4.69) is 0 Å². The predicted octanol–water partition coefficient (Wildman–Crippen LogP) is 1.84. The van der Waals surface area contributed by atoms with E-state index >= 15 is 0 Å². The summed E-state index contributed by atoms with van der Waals surface area (Å²) in [5.74, 6) is -3.37. The van der Waals surface area contributed by atoms with Crippen molar-refractivity contribution < 1.29 is 38.1 Å². The number of carboxylic acid groups (broad SMARTS) is 1. The number of ketones is 1. The number of hydrogen-bond acceptors (Lipinski definition) is 5. The van der Waals surface area contributed by atoms with Crippen LogP contribution in [0.2, 0.25) is 0 Å². The summed E-state index contributed by atoms with van der Waals surface area (Å²) >= 11 is 0. The first-order valence-corrected chi connectivity index (χ1v) is 8.19. The van der Waals surface area contributed by atoms with Crippen LogP contribution in [0.5, 0.6) is 0 Å². The van der Waals surface area contributed by atoms with E-state index < -0.39 is 41.7 Å². The Labute approximate surface area is 154 Å². The smallest absolute Gasteiger partial charge is 0.454 e. The van der Waals surface area contributed by atoms with E-state index in [1.807, 2.05) is 0 Å². The highest BCUT2D eigenvalue weighted by molar-refractivity contribution is 6.00. The molecule has 0 bridgehead atoms. The molecule has 0 aliphatic rings. The van der Waals surface area contributed by atoms with Crippen molar-refractivity contribution >= 4 is 11.8 Å². The van der Waals surface area contributed by atoms with Crippen molar-refractivity contribution in [1.29, 1.82) is 0 Å². The maximum atomic E-state index is 12.3. The molecule has 0 aliphatic carbocycles. The molecule has 9 heteroatoms. The van der Waals surface area contributed by atoms with Crippen LogP contribution in [0.1, 0.15) is 35.2 Å². The quantitative estimate of drug-likeness (QED) is 0.358. The van der Waals surface area contributed by atoms with Gasteiger partial charge >= 0.3 is 12.1 Å². The van der Waals surface area contributed by atoms with Gasteiger partial charge in [0.2, 0.25) is 0 Å². The Morgan fingerprint density at radius 3 is 2.15 bits per heavy atom. The molecular weight excluding hydrogens is 367 g/mol. The number of rotatable bonds is 10. The molecule has 1 aromatic carbocycles. The van der Waals surface area contributed by atoms with Crippen LogP contribution in [0.25, 0.3) is 0 Å². The number of aliphatic carboxylic acids is 1. The van der Waals surface area contributed by atoms with Crippen LogP contribution in [0, 0.1) is 0 Å². The zero-order valence-corrected chi connectivity index (χ0v) is 14.4. The molecule has 27 heavy (non-hydrogen) atoms. The summed E-state index contributed by atoms with van der Waals surface area (Å²) in [6, 6.07) is 5.17. The minimum absolute atomic E-state index is 0.0497. The van der Waals surface area contributed by atoms with Gasteiger partial charge in [-0.25, -0.2) is 0 Å². The highest BCUT2D eigenvalue weighted by Crippen LogP contribution is 2.21. The molecule has 0 saturated carbocycles. The normalized spacial score (nSPS) is 15.5. The van der Waals surface area contributed by atoms with E-state index in [0.717, 1.165) is 17.7 Å². The lowest BCUT2D eigenvalue weighted by Crippen LogP contribution is -2.60. The molecular formula is C18H22F3NO5. The number of alkyl halides is 3. The van der Waals surface area contributed by atoms with Gasteiger partial charge in [-0.15, -0.1) is 0 Å². The van der Waals surface area contributed by atoms with Gasteiger partial charge in [0.05, 0.1) is 12.7 Å². The number of aliphatic hydroxyl groups is 2. The van der Waals surface area contributed by atoms with Gasteiger partial charge in [0.1, 0.15) is 0 Å². The third-order valence-electron chi connectivity index (χ3n) is 4.10. The molecule has 0 heterocycles. The van der Waals surface area contributed by atoms with Crippen LogP contribution < -0.4 is 5.73 Å². The summed E-state index contributed by atoms with van der Waals surface area (Å²) in [5.41, 5.74) is 3.68. The van der Waals surface area contributed by atoms with E-state index in [-0.39, 0.29) is 6.42 Å². The second kappa shape index (κ2) is 9.63. The molecule has 0 radical (unpaired) electrons. The Bertz CT molecular complexity index is 673. The van der Waals surface area contributed by atoms with Gasteiger partial charge in [0.25, 0.3) is 5.78 Å². The van der Waals surface area contributed by atoms with Crippen LogP contribution in [-0.2, 0) is 11.2 Å². The zero-order chi connectivity index (χ0) is 20.7. The minimum atomic E-state index is -4.90. The summed E-state index contributed by atoms with van der Waals surface area (Å²) in [6.07, 6.45) is -1.33. The molecule has 2 atom stereocenters. The Hall–Kier alpha value is -2.23. The fourth-order valence-electron chi connectivity index (χ4n) is 2.30. The number of aliphatic hydroxyl groups excluding tert-OH is 2. The second-order valence-corrected chi connectivity index (χ2v) is 6.13. The lowest BCUT2D eigenvalue weighted by Gasteiger charge is -2.27. The number of halogens is 3. The number of carboxylic acids is 1. The topological polar surface area (TPSA) is 121 Å². The van der Waals surface area contributed by atoms with E-state index in [0.29, 0.717) is 19.3 Å². The molecule has 0 aliphatic heterocycles. The van der Waals surface area contributed by atoms with Crippen molar-refractivity contribution in [3.8, 4) is 0 Å². The average Bonchev–Trinajstić information content (AvgIpc) is 2.62. The summed E-state index contributed by atoms with van der Waals surface area (Å²) in [5, 5.41) is 27.7. The Morgan fingerprint density at radius 2 is 1.67 bits per heavy atom. The third-order valence-corrected chi connectivity index (χ3v) is 4.10. The molecule has 0 aromatic heterocycles. The molecule has 0 fully saturated rings. The van der Waals surface area contributed by atoms with Crippen molar-refractivity contribution in [3.63, 3.8) is 0 Å². The molecule has 0 spiro atoms. The molecule has 0 saturated heterocycles. The standard InChI is InChI=1S/C18H22F3NO5/c19-18(20,21)15(25)13-9-7-12(8-10-13)5-3-1-2-4-6-14(24)17(22,11-23)16(26)27/h1-2,7-10,14,23-24H,3-6,11,22H2,(H,26,27)/b2-1+. The third kappa shape index (κ3) is 6.46. The van der Waals surface area contributed by atoms with Crippen LogP contribution >= 0.6 is 0 Å². The zero-order valence-electron chi connectivity index (χ0n) is 14.4. The van der Waals surface area contributed by atoms with Gasteiger partial charge in [-0.05, 0) is 31.2 Å². The molecule has 1 aromatic rings. The number of carbonyl (C=O) groups excluding carboxylic acids is 1. The van der Waals surface area contributed by atoms with Gasteiger partial charge in [-0.2, -0.15) is 13.2 Å². The summed E-state index contributed by atoms with van der Waals surface area (Å²) < 4.78 is 37.0. The van der Waals surface area contributed by atoms with Crippen LogP contribution in [-0.4, -0.2) is 51.5 Å². The highest BCUT2D eigenvalue weighted by Gasteiger charge is 2.40. The maximum Gasteiger partial charge on any atom is 0.454 e. The van der Waals surface area contributed by atoms with Gasteiger partial charge in [0, 0.05) is 5.56 Å². The van der Waals surface area contributed by atoms with Crippen LogP contribution in [0.3, 0.4) is 0 Å².